The second-order valence-electron chi connectivity index (χ2n) is 11.1. The lowest BCUT2D eigenvalue weighted by Gasteiger charge is -2.21. The smallest absolute Gasteiger partial charge is 0.411 e. The summed E-state index contributed by atoms with van der Waals surface area (Å²) < 4.78 is 25.0. The van der Waals surface area contributed by atoms with Gasteiger partial charge in [-0.05, 0) is 100 Å². The number of hydrogen-bond acceptors (Lipinski definition) is 7. The fourth-order valence-corrected chi connectivity index (χ4v) is 2.71. The average Bonchev–Trinajstić information content (AvgIpc) is 2.78. The van der Waals surface area contributed by atoms with Crippen LogP contribution in [-0.4, -0.2) is 70.6 Å². The minimum Gasteiger partial charge on any atom is -0.444 e. The monoisotopic (exact) mass is 609 g/mol. The van der Waals surface area contributed by atoms with Gasteiger partial charge in [0.05, 0.1) is 0 Å². The Hall–Kier alpha value is -2.10. The molecular weight excluding hydrogens is 536 g/mol. The van der Waals surface area contributed by atoms with Gasteiger partial charge in [0.15, 0.2) is 0 Å². The molecule has 1 atom stereocenters. The minimum atomic E-state index is -0.458. The topological polar surface area (TPSA) is 104 Å². The number of nitrogens with one attached hydrogen (secondary N) is 2. The zero-order valence-electron chi connectivity index (χ0n) is 26.9. The van der Waals surface area contributed by atoms with Crippen LogP contribution in [0.25, 0.3) is 0 Å². The average molecular weight is 609 g/mol. The van der Waals surface area contributed by atoms with Gasteiger partial charge in [-0.15, -0.1) is 6.58 Å². The summed E-state index contributed by atoms with van der Waals surface area (Å²) in [5, 5.41) is 5.48. The van der Waals surface area contributed by atoms with E-state index in [1.807, 2.05) is 67.5 Å². The molecule has 0 aromatic carbocycles. The lowest BCUT2D eigenvalue weighted by molar-refractivity contribution is 0.0502. The first-order chi connectivity index (χ1) is 18.1. The number of alkyl carbamates (subject to hydrolysis) is 2. The van der Waals surface area contributed by atoms with Gasteiger partial charge in [0.25, 0.3) is 0 Å². The Morgan fingerprint density at radius 3 is 1.60 bits per heavy atom. The van der Waals surface area contributed by atoms with E-state index in [2.05, 4.69) is 17.2 Å². The van der Waals surface area contributed by atoms with Gasteiger partial charge in [-0.2, -0.15) is 0 Å². The third kappa shape index (κ3) is 50.7. The van der Waals surface area contributed by atoms with E-state index in [0.717, 1.165) is 70.5 Å². The number of rotatable bonds is 15. The zero-order chi connectivity index (χ0) is 30.7. The van der Waals surface area contributed by atoms with Crippen molar-refractivity contribution >= 4 is 12.2 Å². The predicted octanol–water partition coefficient (Wildman–Crippen LogP) is 9.07. The molecule has 0 radical (unpaired) electrons. The maximum absolute atomic E-state index is 11.4. The highest BCUT2D eigenvalue weighted by atomic mass is 16.6. The van der Waals surface area contributed by atoms with Crippen LogP contribution in [0.15, 0.2) is 24.4 Å². The van der Waals surface area contributed by atoms with Gasteiger partial charge in [-0.1, -0.05) is 34.4 Å². The van der Waals surface area contributed by atoms with E-state index in [0.29, 0.717) is 0 Å². The molecule has 0 heterocycles. The SMILES string of the molecule is C.C.C.C=CCCCOC.COCCC/C=C(/C)NC(=O)OC(C)(C)C.COCCCC[C@@H](C)NC(=O)OC(C)(C)C. The van der Waals surface area contributed by atoms with E-state index in [1.54, 1.807) is 21.3 Å². The van der Waals surface area contributed by atoms with Crippen molar-refractivity contribution in [2.75, 3.05) is 41.2 Å². The molecule has 0 rings (SSSR count). The van der Waals surface area contributed by atoms with E-state index < -0.39 is 17.3 Å². The van der Waals surface area contributed by atoms with Crippen molar-refractivity contribution in [2.24, 2.45) is 0 Å². The molecule has 0 saturated carbocycles. The van der Waals surface area contributed by atoms with Crippen molar-refractivity contribution in [2.45, 2.75) is 140 Å². The summed E-state index contributed by atoms with van der Waals surface area (Å²) in [6.45, 7) is 20.8. The van der Waals surface area contributed by atoms with Crippen LogP contribution in [0, 0.1) is 0 Å². The number of allylic oxidation sites excluding steroid dienone is 3. The Morgan fingerprint density at radius 2 is 1.17 bits per heavy atom. The van der Waals surface area contributed by atoms with Crippen LogP contribution in [0.2, 0.25) is 0 Å². The lowest BCUT2D eigenvalue weighted by Crippen LogP contribution is -2.37. The number of carbonyl (C=O) groups is 2. The van der Waals surface area contributed by atoms with Gasteiger partial charge in [0.1, 0.15) is 11.2 Å². The number of ether oxygens (including phenoxy) is 5. The molecule has 256 valence electrons. The molecule has 0 aromatic heterocycles. The number of amides is 2. The quantitative estimate of drug-likeness (QED) is 0.141. The van der Waals surface area contributed by atoms with Gasteiger partial charge in [-0.3, -0.25) is 5.32 Å². The van der Waals surface area contributed by atoms with Crippen LogP contribution < -0.4 is 10.6 Å². The van der Waals surface area contributed by atoms with E-state index in [4.69, 9.17) is 23.7 Å². The first-order valence-corrected chi connectivity index (χ1v) is 13.9. The Labute approximate surface area is 261 Å². The Morgan fingerprint density at radius 1 is 0.738 bits per heavy atom. The molecule has 2 N–H and O–H groups in total. The lowest BCUT2D eigenvalue weighted by atomic mass is 10.1. The van der Waals surface area contributed by atoms with Crippen LogP contribution in [0.3, 0.4) is 0 Å². The van der Waals surface area contributed by atoms with E-state index in [-0.39, 0.29) is 34.4 Å². The van der Waals surface area contributed by atoms with Gasteiger partial charge >= 0.3 is 12.2 Å². The summed E-state index contributed by atoms with van der Waals surface area (Å²) in [6.07, 6.45) is 10.1. The van der Waals surface area contributed by atoms with Crippen molar-refractivity contribution in [3.8, 4) is 0 Å². The molecule has 0 bridgehead atoms. The highest BCUT2D eigenvalue weighted by Crippen LogP contribution is 2.08. The first-order valence-electron chi connectivity index (χ1n) is 13.9. The summed E-state index contributed by atoms with van der Waals surface area (Å²) in [4.78, 5) is 22.8. The van der Waals surface area contributed by atoms with E-state index >= 15 is 0 Å². The van der Waals surface area contributed by atoms with E-state index in [1.165, 1.54) is 0 Å². The van der Waals surface area contributed by atoms with Gasteiger partial charge in [-0.25, -0.2) is 9.59 Å². The predicted molar refractivity (Wildman–Crippen MR) is 180 cm³/mol. The molecule has 0 fully saturated rings. The molecular formula is C33H72N2O7. The molecule has 0 spiro atoms. The summed E-state index contributed by atoms with van der Waals surface area (Å²) in [6, 6.07) is 0.145. The fourth-order valence-electron chi connectivity index (χ4n) is 2.71. The largest absolute Gasteiger partial charge is 0.444 e. The maximum atomic E-state index is 11.4. The van der Waals surface area contributed by atoms with Crippen molar-refractivity contribution in [3.05, 3.63) is 24.4 Å². The van der Waals surface area contributed by atoms with Gasteiger partial charge in [0.2, 0.25) is 0 Å². The van der Waals surface area contributed by atoms with Gasteiger partial charge < -0.3 is 29.0 Å². The Balaban J connectivity index is -0.000000119. The molecule has 0 saturated heterocycles. The number of hydrogen-bond donors (Lipinski definition) is 2. The molecule has 2 amide bonds. The third-order valence-corrected chi connectivity index (χ3v) is 4.46. The summed E-state index contributed by atoms with van der Waals surface area (Å²) in [7, 11) is 5.08. The van der Waals surface area contributed by atoms with Crippen LogP contribution in [-0.2, 0) is 23.7 Å². The van der Waals surface area contributed by atoms with Gasteiger partial charge in [0, 0.05) is 52.9 Å². The number of unbranched alkanes of at least 4 members (excludes halogenated alkanes) is 3. The van der Waals surface area contributed by atoms with Crippen LogP contribution in [0.5, 0.6) is 0 Å². The first kappa shape index (κ1) is 52.5. The number of methoxy groups -OCH3 is 3. The third-order valence-electron chi connectivity index (χ3n) is 4.46. The van der Waals surface area contributed by atoms with Crippen LogP contribution in [0.4, 0.5) is 9.59 Å². The zero-order valence-corrected chi connectivity index (χ0v) is 26.9. The van der Waals surface area contributed by atoms with E-state index in [9.17, 15) is 9.59 Å². The highest BCUT2D eigenvalue weighted by molar-refractivity contribution is 5.69. The highest BCUT2D eigenvalue weighted by Gasteiger charge is 2.17. The Bertz CT molecular complexity index is 639. The maximum Gasteiger partial charge on any atom is 0.411 e. The van der Waals surface area contributed by atoms with Crippen molar-refractivity contribution in [1.82, 2.24) is 10.6 Å². The number of carbonyl (C=O) groups excluding carboxylic acids is 2. The standard InChI is InChI=1S/C12H25NO3.C12H23NO3.C6H12O.3CH4/c2*1-10(8-6-7-9-15-5)13-11(14)16-12(2,3)4;1-3-4-5-6-7-2;;;/h10H,6-9H2,1-5H3,(H,13,14);8H,6-7,9H2,1-5H3,(H,13,14);3H,1,4-6H2,2H3;3*1H4/b;10-8-;;;;/t10-;;;;;/m1...../s1. The summed E-state index contributed by atoms with van der Waals surface area (Å²) in [5.74, 6) is 0. The van der Waals surface area contributed by atoms with Crippen LogP contribution >= 0.6 is 0 Å². The normalized spacial score (nSPS) is 11.3. The molecule has 9 nitrogen and oxygen atoms in total. The fraction of sp³-hybridized carbons (Fsp3) is 0.818. The molecule has 9 heteroatoms. The van der Waals surface area contributed by atoms with Crippen LogP contribution in [0.1, 0.15) is 123 Å². The molecule has 0 aliphatic rings. The summed E-state index contributed by atoms with van der Waals surface area (Å²) in [5.41, 5.74) is -0.0781. The molecule has 0 unspecified atom stereocenters. The second kappa shape index (κ2) is 33.4. The second-order valence-corrected chi connectivity index (χ2v) is 11.1. The van der Waals surface area contributed by atoms with Crippen molar-refractivity contribution in [1.29, 1.82) is 0 Å². The minimum absolute atomic E-state index is 0. The molecule has 0 aliphatic carbocycles. The van der Waals surface area contributed by atoms with Crippen molar-refractivity contribution in [3.63, 3.8) is 0 Å². The molecule has 0 aliphatic heterocycles. The molecule has 42 heavy (non-hydrogen) atoms. The molecule has 0 aromatic rings. The Kier molecular flexibility index (Phi) is 41.8. The summed E-state index contributed by atoms with van der Waals surface area (Å²) >= 11 is 0. The van der Waals surface area contributed by atoms with Crippen molar-refractivity contribution < 1.29 is 33.3 Å².